The Balaban J connectivity index is 2.07. The molecule has 1 N–H and O–H groups in total. The first-order chi connectivity index (χ1) is 13.0. The molecule has 6 nitrogen and oxygen atoms in total. The Bertz CT molecular complexity index is 782. The molecule has 0 unspecified atom stereocenters. The third kappa shape index (κ3) is 5.23. The average molecular weight is 370 g/mol. The number of hydrogen-bond acceptors (Lipinski definition) is 4. The average Bonchev–Trinajstić information content (AvgIpc) is 2.70. The summed E-state index contributed by atoms with van der Waals surface area (Å²) in [4.78, 5) is 26.3. The Hall–Kier alpha value is -3.02. The van der Waals surface area contributed by atoms with Crippen LogP contribution < -0.4 is 19.7 Å². The number of carbonyl (C=O) groups is 2. The van der Waals surface area contributed by atoms with Crippen molar-refractivity contribution in [2.75, 3.05) is 32.2 Å². The second kappa shape index (κ2) is 9.62. The maximum atomic E-state index is 12.5. The van der Waals surface area contributed by atoms with Crippen LogP contribution in [0.1, 0.15) is 29.8 Å². The molecule has 2 amide bonds. The molecular formula is C21H26N2O4. The van der Waals surface area contributed by atoms with Gasteiger partial charge in [-0.05, 0) is 30.2 Å². The van der Waals surface area contributed by atoms with Crippen LogP contribution in [0.4, 0.5) is 5.69 Å². The second-order valence-electron chi connectivity index (χ2n) is 6.01. The van der Waals surface area contributed by atoms with E-state index < -0.39 is 0 Å². The molecule has 0 heterocycles. The molecule has 0 aromatic heterocycles. The molecule has 0 radical (unpaired) electrons. The number of methoxy groups -OCH3 is 2. The zero-order valence-electron chi connectivity index (χ0n) is 16.2. The van der Waals surface area contributed by atoms with Gasteiger partial charge in [-0.1, -0.05) is 25.1 Å². The molecule has 0 saturated heterocycles. The molecule has 2 aromatic rings. The number of carbonyl (C=O) groups excluding carboxylic acids is 2. The van der Waals surface area contributed by atoms with Gasteiger partial charge in [0.05, 0.1) is 14.2 Å². The van der Waals surface area contributed by atoms with Crippen molar-refractivity contribution in [1.29, 1.82) is 0 Å². The molecule has 2 aromatic carbocycles. The standard InChI is InChI=1S/C21H26N2O4/c1-5-16-8-6-7-9-20(16)23(15(2)24)11-10-22-21(25)17-12-18(26-3)14-19(13-17)27-4/h6-9,12-14H,5,10-11H2,1-4H3,(H,22,25). The Morgan fingerprint density at radius 3 is 2.22 bits per heavy atom. The van der Waals surface area contributed by atoms with Gasteiger partial charge in [0, 0.05) is 37.3 Å². The van der Waals surface area contributed by atoms with Crippen LogP contribution in [0.2, 0.25) is 0 Å². The lowest BCUT2D eigenvalue weighted by atomic mass is 10.1. The van der Waals surface area contributed by atoms with Crippen molar-refractivity contribution in [3.63, 3.8) is 0 Å². The molecule has 0 bridgehead atoms. The Morgan fingerprint density at radius 1 is 1.04 bits per heavy atom. The van der Waals surface area contributed by atoms with Crippen molar-refractivity contribution in [2.45, 2.75) is 20.3 Å². The predicted molar refractivity (Wildman–Crippen MR) is 106 cm³/mol. The molecule has 0 atom stereocenters. The van der Waals surface area contributed by atoms with E-state index in [9.17, 15) is 9.59 Å². The van der Waals surface area contributed by atoms with E-state index in [1.54, 1.807) is 23.1 Å². The quantitative estimate of drug-likeness (QED) is 0.775. The summed E-state index contributed by atoms with van der Waals surface area (Å²) in [5.41, 5.74) is 2.41. The summed E-state index contributed by atoms with van der Waals surface area (Å²) in [5.74, 6) is 0.774. The number of nitrogens with zero attached hydrogens (tertiary/aromatic N) is 1. The molecule has 0 fully saturated rings. The third-order valence-electron chi connectivity index (χ3n) is 4.28. The lowest BCUT2D eigenvalue weighted by molar-refractivity contribution is -0.116. The smallest absolute Gasteiger partial charge is 0.251 e. The van der Waals surface area contributed by atoms with Gasteiger partial charge in [-0.25, -0.2) is 0 Å². The van der Waals surface area contributed by atoms with E-state index in [1.165, 1.54) is 21.1 Å². The van der Waals surface area contributed by atoms with Gasteiger partial charge in [-0.3, -0.25) is 9.59 Å². The fraction of sp³-hybridized carbons (Fsp3) is 0.333. The van der Waals surface area contributed by atoms with Gasteiger partial charge in [-0.2, -0.15) is 0 Å². The van der Waals surface area contributed by atoms with Crippen LogP contribution in [0.5, 0.6) is 11.5 Å². The molecule has 0 saturated carbocycles. The van der Waals surface area contributed by atoms with Gasteiger partial charge in [0.25, 0.3) is 5.91 Å². The number of ether oxygens (including phenoxy) is 2. The lowest BCUT2D eigenvalue weighted by Crippen LogP contribution is -2.38. The minimum Gasteiger partial charge on any atom is -0.497 e. The topological polar surface area (TPSA) is 67.9 Å². The van der Waals surface area contributed by atoms with Crippen LogP contribution in [0.3, 0.4) is 0 Å². The van der Waals surface area contributed by atoms with Crippen molar-refractivity contribution in [1.82, 2.24) is 5.32 Å². The lowest BCUT2D eigenvalue weighted by Gasteiger charge is -2.24. The highest BCUT2D eigenvalue weighted by molar-refractivity contribution is 5.95. The molecule has 0 aliphatic rings. The Labute approximate surface area is 160 Å². The van der Waals surface area contributed by atoms with Crippen LogP contribution in [0.15, 0.2) is 42.5 Å². The SMILES string of the molecule is CCc1ccccc1N(CCNC(=O)c1cc(OC)cc(OC)c1)C(C)=O. The highest BCUT2D eigenvalue weighted by Gasteiger charge is 2.15. The fourth-order valence-corrected chi connectivity index (χ4v) is 2.84. The van der Waals surface area contributed by atoms with Crippen molar-refractivity contribution in [2.24, 2.45) is 0 Å². The van der Waals surface area contributed by atoms with Crippen molar-refractivity contribution >= 4 is 17.5 Å². The van der Waals surface area contributed by atoms with Crippen LogP contribution in [0, 0.1) is 0 Å². The van der Waals surface area contributed by atoms with Crippen LogP contribution in [-0.2, 0) is 11.2 Å². The Morgan fingerprint density at radius 2 is 1.67 bits per heavy atom. The molecule has 0 aliphatic heterocycles. The summed E-state index contributed by atoms with van der Waals surface area (Å²) in [6.07, 6.45) is 0.829. The highest BCUT2D eigenvalue weighted by atomic mass is 16.5. The number of rotatable bonds is 8. The summed E-state index contributed by atoms with van der Waals surface area (Å²) in [6, 6.07) is 12.8. The van der Waals surface area contributed by atoms with Crippen LogP contribution in [0.25, 0.3) is 0 Å². The van der Waals surface area contributed by atoms with E-state index in [0.29, 0.717) is 30.2 Å². The van der Waals surface area contributed by atoms with E-state index in [1.807, 2.05) is 24.3 Å². The second-order valence-corrected chi connectivity index (χ2v) is 6.01. The first-order valence-corrected chi connectivity index (χ1v) is 8.87. The van der Waals surface area contributed by atoms with Gasteiger partial charge in [0.2, 0.25) is 5.91 Å². The maximum Gasteiger partial charge on any atom is 0.251 e. The zero-order valence-corrected chi connectivity index (χ0v) is 16.2. The van der Waals surface area contributed by atoms with Gasteiger partial charge < -0.3 is 19.7 Å². The van der Waals surface area contributed by atoms with E-state index in [-0.39, 0.29) is 11.8 Å². The first kappa shape index (κ1) is 20.3. The number of amides is 2. The molecule has 2 rings (SSSR count). The van der Waals surface area contributed by atoms with Crippen molar-refractivity contribution < 1.29 is 19.1 Å². The molecule has 0 aliphatic carbocycles. The number of benzene rings is 2. The maximum absolute atomic E-state index is 12.5. The fourth-order valence-electron chi connectivity index (χ4n) is 2.84. The number of nitrogens with one attached hydrogen (secondary N) is 1. The van der Waals surface area contributed by atoms with Gasteiger partial charge >= 0.3 is 0 Å². The van der Waals surface area contributed by atoms with Gasteiger partial charge in [0.1, 0.15) is 11.5 Å². The summed E-state index contributed by atoms with van der Waals surface area (Å²) in [5, 5.41) is 2.85. The summed E-state index contributed by atoms with van der Waals surface area (Å²) in [6.45, 7) is 4.30. The molecular weight excluding hydrogens is 344 g/mol. The highest BCUT2D eigenvalue weighted by Crippen LogP contribution is 2.23. The van der Waals surface area contributed by atoms with Crippen molar-refractivity contribution in [3.05, 3.63) is 53.6 Å². The summed E-state index contributed by atoms with van der Waals surface area (Å²) >= 11 is 0. The third-order valence-corrected chi connectivity index (χ3v) is 4.28. The number of anilines is 1. The van der Waals surface area contributed by atoms with E-state index in [0.717, 1.165) is 17.7 Å². The van der Waals surface area contributed by atoms with Crippen LogP contribution >= 0.6 is 0 Å². The minimum absolute atomic E-state index is 0.0619. The molecule has 27 heavy (non-hydrogen) atoms. The van der Waals surface area contributed by atoms with Gasteiger partial charge in [0.15, 0.2) is 0 Å². The zero-order chi connectivity index (χ0) is 19.8. The van der Waals surface area contributed by atoms with Crippen molar-refractivity contribution in [3.8, 4) is 11.5 Å². The molecule has 0 spiro atoms. The summed E-state index contributed by atoms with van der Waals surface area (Å²) in [7, 11) is 3.07. The number of para-hydroxylation sites is 1. The Kier molecular flexibility index (Phi) is 7.23. The largest absolute Gasteiger partial charge is 0.497 e. The van der Waals surface area contributed by atoms with Gasteiger partial charge in [-0.15, -0.1) is 0 Å². The minimum atomic E-state index is -0.250. The molecule has 144 valence electrons. The summed E-state index contributed by atoms with van der Waals surface area (Å²) < 4.78 is 10.4. The van der Waals surface area contributed by atoms with Crippen LogP contribution in [-0.4, -0.2) is 39.1 Å². The first-order valence-electron chi connectivity index (χ1n) is 8.87. The molecule has 6 heteroatoms. The number of aryl methyl sites for hydroxylation is 1. The van der Waals surface area contributed by atoms with E-state index in [2.05, 4.69) is 12.2 Å². The monoisotopic (exact) mass is 370 g/mol. The predicted octanol–water partition coefficient (Wildman–Crippen LogP) is 3.05. The number of hydrogen-bond donors (Lipinski definition) is 1. The van der Waals surface area contributed by atoms with E-state index in [4.69, 9.17) is 9.47 Å². The van der Waals surface area contributed by atoms with E-state index >= 15 is 0 Å². The normalized spacial score (nSPS) is 10.2.